The molecular weight excluding hydrogens is 448 g/mol. The van der Waals surface area contributed by atoms with Crippen LogP contribution in [0.1, 0.15) is 31.1 Å². The Morgan fingerprint density at radius 3 is 2.06 bits per heavy atom. The molecule has 3 atom stereocenters. The van der Waals surface area contributed by atoms with Crippen molar-refractivity contribution < 1.29 is 43.3 Å². The third-order valence-electron chi connectivity index (χ3n) is 4.98. The molecule has 0 saturated heterocycles. The zero-order valence-corrected chi connectivity index (χ0v) is 18.3. The summed E-state index contributed by atoms with van der Waals surface area (Å²) in [6.45, 7) is 1.91. The first-order valence-electron chi connectivity index (χ1n) is 10.1. The Morgan fingerprint density at radius 2 is 1.47 bits per heavy atom. The number of aliphatic carboxylic acids is 1. The summed E-state index contributed by atoms with van der Waals surface area (Å²) in [6.07, 6.45) is -5.10. The number of para-hydroxylation sites is 2. The molecule has 2 aromatic carbocycles. The van der Waals surface area contributed by atoms with Crippen molar-refractivity contribution in [3.63, 3.8) is 0 Å². The molecule has 1 heterocycles. The fourth-order valence-corrected chi connectivity index (χ4v) is 3.69. The number of nitrogens with zero attached hydrogens (tertiary/aromatic N) is 1. The summed E-state index contributed by atoms with van der Waals surface area (Å²) in [5.74, 6) is -4.92. The number of urea groups is 1. The van der Waals surface area contributed by atoms with Gasteiger partial charge in [-0.3, -0.25) is 14.5 Å². The Labute approximate surface area is 194 Å². The van der Waals surface area contributed by atoms with Crippen molar-refractivity contribution in [1.29, 1.82) is 0 Å². The second-order valence-corrected chi connectivity index (χ2v) is 7.39. The summed E-state index contributed by atoms with van der Waals surface area (Å²) in [4.78, 5) is 61.3. The highest BCUT2D eigenvalue weighted by Crippen LogP contribution is 2.41. The molecule has 2 aromatic rings. The van der Waals surface area contributed by atoms with E-state index < -0.39 is 48.2 Å². The minimum atomic E-state index is -2.12. The molecular formula is C23H22N2O9. The van der Waals surface area contributed by atoms with Gasteiger partial charge in [-0.05, 0) is 17.7 Å². The van der Waals surface area contributed by atoms with Gasteiger partial charge in [-0.25, -0.2) is 14.4 Å². The average Bonchev–Trinajstić information content (AvgIpc) is 2.90. The number of esters is 3. The normalized spacial score (nSPS) is 16.1. The van der Waals surface area contributed by atoms with Crippen LogP contribution in [0.15, 0.2) is 48.5 Å². The van der Waals surface area contributed by atoms with Crippen molar-refractivity contribution >= 4 is 41.3 Å². The standard InChI is InChI=1S/C23H22N2O9/c1-12(26)32-19(21(28)29)20(33-13(2)27)22(30)34-18-11-14-7-3-5-9-16(14)25(23(24)31)17-10-6-4-8-15(17)18/h3-10,18-20H,11H2,1-2H3,(H2,24,31)(H,28,29)/t18-,19?,20?/m0/s1. The third-order valence-corrected chi connectivity index (χ3v) is 4.98. The molecule has 3 rings (SSSR count). The number of anilines is 2. The molecule has 0 radical (unpaired) electrons. The van der Waals surface area contributed by atoms with Crippen LogP contribution in [0.5, 0.6) is 0 Å². The first-order valence-corrected chi connectivity index (χ1v) is 10.1. The van der Waals surface area contributed by atoms with E-state index in [0.717, 1.165) is 13.8 Å². The molecule has 2 amide bonds. The van der Waals surface area contributed by atoms with Crippen LogP contribution < -0.4 is 10.6 Å². The quantitative estimate of drug-likeness (QED) is 0.475. The van der Waals surface area contributed by atoms with Crippen LogP contribution in [0.3, 0.4) is 0 Å². The summed E-state index contributed by atoms with van der Waals surface area (Å²) >= 11 is 0. The van der Waals surface area contributed by atoms with Crippen LogP contribution in [0.4, 0.5) is 16.2 Å². The maximum absolute atomic E-state index is 13.1. The zero-order valence-electron chi connectivity index (χ0n) is 18.3. The van der Waals surface area contributed by atoms with Gasteiger partial charge in [-0.15, -0.1) is 0 Å². The Bertz CT molecular complexity index is 1150. The lowest BCUT2D eigenvalue weighted by Gasteiger charge is -2.25. The van der Waals surface area contributed by atoms with Crippen molar-refractivity contribution in [2.45, 2.75) is 38.6 Å². The molecule has 178 valence electrons. The highest BCUT2D eigenvalue weighted by molar-refractivity contribution is 6.00. The van der Waals surface area contributed by atoms with Gasteiger partial charge in [0.25, 0.3) is 0 Å². The van der Waals surface area contributed by atoms with E-state index in [-0.39, 0.29) is 6.42 Å². The smallest absolute Gasteiger partial charge is 0.352 e. The monoisotopic (exact) mass is 470 g/mol. The van der Waals surface area contributed by atoms with E-state index >= 15 is 0 Å². The Morgan fingerprint density at radius 1 is 0.912 bits per heavy atom. The molecule has 0 fully saturated rings. The van der Waals surface area contributed by atoms with E-state index in [9.17, 15) is 29.1 Å². The van der Waals surface area contributed by atoms with E-state index in [1.807, 2.05) is 0 Å². The predicted molar refractivity (Wildman–Crippen MR) is 116 cm³/mol. The van der Waals surface area contributed by atoms with Gasteiger partial charge in [-0.2, -0.15) is 0 Å². The number of benzene rings is 2. The fourth-order valence-electron chi connectivity index (χ4n) is 3.69. The maximum atomic E-state index is 13.1. The van der Waals surface area contributed by atoms with E-state index in [4.69, 9.17) is 19.9 Å². The van der Waals surface area contributed by atoms with Crippen molar-refractivity contribution in [1.82, 2.24) is 0 Å². The third kappa shape index (κ3) is 5.14. The van der Waals surface area contributed by atoms with E-state index in [1.165, 1.54) is 4.90 Å². The second kappa shape index (κ2) is 10.0. The molecule has 0 spiro atoms. The van der Waals surface area contributed by atoms with Gasteiger partial charge in [-0.1, -0.05) is 36.4 Å². The average molecular weight is 470 g/mol. The maximum Gasteiger partial charge on any atom is 0.352 e. The predicted octanol–water partition coefficient (Wildman–Crippen LogP) is 1.99. The Kier molecular flexibility index (Phi) is 7.15. The number of carbonyl (C=O) groups excluding carboxylic acids is 4. The van der Waals surface area contributed by atoms with Crippen molar-refractivity contribution in [2.24, 2.45) is 5.73 Å². The molecule has 2 unspecified atom stereocenters. The zero-order chi connectivity index (χ0) is 25.0. The first kappa shape index (κ1) is 24.2. The van der Waals surface area contributed by atoms with Gasteiger partial charge < -0.3 is 25.1 Å². The largest absolute Gasteiger partial charge is 0.478 e. The molecule has 0 bridgehead atoms. The number of nitrogens with two attached hydrogens (primary N) is 1. The topological polar surface area (TPSA) is 163 Å². The Hall–Kier alpha value is -4.41. The van der Waals surface area contributed by atoms with Crippen molar-refractivity contribution in [2.75, 3.05) is 4.90 Å². The highest BCUT2D eigenvalue weighted by atomic mass is 16.6. The molecule has 11 nitrogen and oxygen atoms in total. The number of carboxylic acid groups (broad SMARTS) is 1. The van der Waals surface area contributed by atoms with Crippen molar-refractivity contribution in [3.05, 3.63) is 59.7 Å². The number of fused-ring (bicyclic) bond motifs is 2. The number of carboxylic acids is 1. The summed E-state index contributed by atoms with van der Waals surface area (Å²) in [5, 5.41) is 9.45. The van der Waals surface area contributed by atoms with Gasteiger partial charge in [0.15, 0.2) is 0 Å². The lowest BCUT2D eigenvalue weighted by atomic mass is 10.0. The summed E-state index contributed by atoms with van der Waals surface area (Å²) in [7, 11) is 0. The molecule has 1 aliphatic rings. The van der Waals surface area contributed by atoms with Gasteiger partial charge >= 0.3 is 29.9 Å². The SMILES string of the molecule is CC(=O)OC(C(=O)O)C(OC(C)=O)C(=O)O[C@H]1Cc2ccccc2N(C(N)=O)c2ccccc21. The van der Waals surface area contributed by atoms with Crippen LogP contribution in [0.25, 0.3) is 0 Å². The number of hydrogen-bond donors (Lipinski definition) is 2. The molecule has 3 N–H and O–H groups in total. The lowest BCUT2D eigenvalue weighted by molar-refractivity contribution is -0.190. The van der Waals surface area contributed by atoms with E-state index in [0.29, 0.717) is 22.5 Å². The van der Waals surface area contributed by atoms with Gasteiger partial charge in [0.1, 0.15) is 6.10 Å². The van der Waals surface area contributed by atoms with E-state index in [1.54, 1.807) is 48.5 Å². The van der Waals surface area contributed by atoms with Crippen LogP contribution >= 0.6 is 0 Å². The number of amides is 2. The van der Waals surface area contributed by atoms with Gasteiger partial charge in [0, 0.05) is 25.8 Å². The second-order valence-electron chi connectivity index (χ2n) is 7.39. The summed E-state index contributed by atoms with van der Waals surface area (Å²) in [5.41, 5.74) is 7.52. The van der Waals surface area contributed by atoms with Crippen LogP contribution in [0.2, 0.25) is 0 Å². The van der Waals surface area contributed by atoms with Crippen molar-refractivity contribution in [3.8, 4) is 0 Å². The van der Waals surface area contributed by atoms with Crippen LogP contribution in [0, 0.1) is 0 Å². The lowest BCUT2D eigenvalue weighted by Crippen LogP contribution is -2.46. The molecule has 1 aliphatic heterocycles. The van der Waals surface area contributed by atoms with E-state index in [2.05, 4.69) is 0 Å². The minimum absolute atomic E-state index is 0.0980. The summed E-state index contributed by atoms with van der Waals surface area (Å²) < 4.78 is 15.2. The van der Waals surface area contributed by atoms with Gasteiger partial charge in [0.2, 0.25) is 12.2 Å². The van der Waals surface area contributed by atoms with Crippen LogP contribution in [-0.4, -0.2) is 47.2 Å². The van der Waals surface area contributed by atoms with Gasteiger partial charge in [0.05, 0.1) is 11.4 Å². The number of hydrogen-bond acceptors (Lipinski definition) is 8. The molecule has 0 saturated carbocycles. The first-order chi connectivity index (χ1) is 16.1. The minimum Gasteiger partial charge on any atom is -0.478 e. The molecule has 0 aliphatic carbocycles. The Balaban J connectivity index is 2.04. The summed E-state index contributed by atoms with van der Waals surface area (Å²) in [6, 6.07) is 12.7. The molecule has 0 aromatic heterocycles. The molecule has 34 heavy (non-hydrogen) atoms. The number of carbonyl (C=O) groups is 5. The molecule has 11 heteroatoms. The fraction of sp³-hybridized carbons (Fsp3) is 0.261. The number of ether oxygens (including phenoxy) is 3. The number of primary amides is 1. The highest BCUT2D eigenvalue weighted by Gasteiger charge is 2.42. The van der Waals surface area contributed by atoms with Crippen LogP contribution in [-0.2, 0) is 39.8 Å². The number of rotatable bonds is 6.